The van der Waals surface area contributed by atoms with E-state index in [0.717, 1.165) is 29.2 Å². The number of aromatic nitrogens is 1. The maximum absolute atomic E-state index is 5.77. The topological polar surface area (TPSA) is 54.2 Å². The highest BCUT2D eigenvalue weighted by molar-refractivity contribution is 7.80. The molecular formula is C13H22N4S. The maximum Gasteiger partial charge on any atom is 0.136 e. The summed E-state index contributed by atoms with van der Waals surface area (Å²) in [7, 11) is 4.10. The molecule has 0 amide bonds. The SMILES string of the molecule is Cc1cc(C)c(C(N)=S)c(NCC(C)N(C)C)n1. The van der Waals surface area contributed by atoms with Crippen molar-refractivity contribution in [1.29, 1.82) is 0 Å². The molecule has 0 radical (unpaired) electrons. The molecule has 0 aliphatic heterocycles. The molecule has 1 aromatic rings. The fourth-order valence-electron chi connectivity index (χ4n) is 1.70. The molecule has 18 heavy (non-hydrogen) atoms. The van der Waals surface area contributed by atoms with Crippen LogP contribution in [0.25, 0.3) is 0 Å². The van der Waals surface area contributed by atoms with Crippen molar-refractivity contribution in [1.82, 2.24) is 9.88 Å². The van der Waals surface area contributed by atoms with Gasteiger partial charge in [0.05, 0.1) is 5.56 Å². The highest BCUT2D eigenvalue weighted by Crippen LogP contribution is 2.18. The molecule has 3 N–H and O–H groups in total. The molecule has 1 rings (SSSR count). The summed E-state index contributed by atoms with van der Waals surface area (Å²) in [5.74, 6) is 0.786. The maximum atomic E-state index is 5.77. The molecule has 100 valence electrons. The quantitative estimate of drug-likeness (QED) is 0.794. The van der Waals surface area contributed by atoms with Gasteiger partial charge in [-0.05, 0) is 46.5 Å². The number of nitrogens with zero attached hydrogens (tertiary/aromatic N) is 2. The molecule has 0 saturated carbocycles. The number of anilines is 1. The molecule has 1 unspecified atom stereocenters. The summed E-state index contributed by atoms with van der Waals surface area (Å²) in [6.45, 7) is 6.93. The highest BCUT2D eigenvalue weighted by Gasteiger charge is 2.12. The minimum atomic E-state index is 0.389. The Morgan fingerprint density at radius 2 is 2.11 bits per heavy atom. The Balaban J connectivity index is 2.97. The van der Waals surface area contributed by atoms with Gasteiger partial charge in [0.1, 0.15) is 10.8 Å². The summed E-state index contributed by atoms with van der Waals surface area (Å²) >= 11 is 5.10. The molecule has 0 aliphatic rings. The van der Waals surface area contributed by atoms with Crippen molar-refractivity contribution in [3.05, 3.63) is 22.9 Å². The van der Waals surface area contributed by atoms with Crippen molar-refractivity contribution >= 4 is 23.0 Å². The molecule has 0 aliphatic carbocycles. The molecule has 0 saturated heterocycles. The second-order valence-corrected chi connectivity index (χ2v) is 5.30. The largest absolute Gasteiger partial charge is 0.389 e. The molecule has 1 aromatic heterocycles. The van der Waals surface area contributed by atoms with E-state index in [0.29, 0.717) is 11.0 Å². The van der Waals surface area contributed by atoms with Crippen molar-refractivity contribution in [2.24, 2.45) is 5.73 Å². The highest BCUT2D eigenvalue weighted by atomic mass is 32.1. The lowest BCUT2D eigenvalue weighted by molar-refractivity contribution is 0.326. The van der Waals surface area contributed by atoms with Crippen LogP contribution in [0.5, 0.6) is 0 Å². The predicted octanol–water partition coefficient (Wildman–Crippen LogP) is 1.69. The van der Waals surface area contributed by atoms with Crippen LogP contribution in [0.15, 0.2) is 6.07 Å². The molecule has 1 atom stereocenters. The van der Waals surface area contributed by atoms with Crippen LogP contribution in [0, 0.1) is 13.8 Å². The van der Waals surface area contributed by atoms with Gasteiger partial charge in [0.2, 0.25) is 0 Å². The molecule has 0 bridgehead atoms. The summed E-state index contributed by atoms with van der Waals surface area (Å²) in [6.07, 6.45) is 0. The van der Waals surface area contributed by atoms with Crippen molar-refractivity contribution in [3.63, 3.8) is 0 Å². The monoisotopic (exact) mass is 266 g/mol. The Hall–Kier alpha value is -1.20. The van der Waals surface area contributed by atoms with Crippen LogP contribution >= 0.6 is 12.2 Å². The third kappa shape index (κ3) is 3.65. The lowest BCUT2D eigenvalue weighted by atomic mass is 10.1. The number of nitrogens with one attached hydrogen (secondary N) is 1. The number of hydrogen-bond acceptors (Lipinski definition) is 4. The Morgan fingerprint density at radius 1 is 1.50 bits per heavy atom. The van der Waals surface area contributed by atoms with Crippen LogP contribution in [0.4, 0.5) is 5.82 Å². The van der Waals surface area contributed by atoms with E-state index in [2.05, 4.69) is 36.2 Å². The fraction of sp³-hybridized carbons (Fsp3) is 0.538. The summed E-state index contributed by atoms with van der Waals surface area (Å²) in [5, 5.41) is 3.34. The van der Waals surface area contributed by atoms with E-state index < -0.39 is 0 Å². The van der Waals surface area contributed by atoms with Gasteiger partial charge in [0.25, 0.3) is 0 Å². The zero-order valence-corrected chi connectivity index (χ0v) is 12.6. The van der Waals surface area contributed by atoms with Crippen molar-refractivity contribution in [2.75, 3.05) is 26.0 Å². The second kappa shape index (κ2) is 6.11. The van der Waals surface area contributed by atoms with Crippen LogP contribution in [0.2, 0.25) is 0 Å². The van der Waals surface area contributed by atoms with Gasteiger partial charge in [-0.25, -0.2) is 4.98 Å². The minimum Gasteiger partial charge on any atom is -0.389 e. The zero-order valence-electron chi connectivity index (χ0n) is 11.7. The minimum absolute atomic E-state index is 0.389. The first-order chi connectivity index (χ1) is 8.32. The molecule has 4 nitrogen and oxygen atoms in total. The smallest absolute Gasteiger partial charge is 0.136 e. The standard InChI is InChI=1S/C13H22N4S/c1-8-6-9(2)16-13(11(8)12(14)18)15-7-10(3)17(4)5/h6,10H,7H2,1-5H3,(H2,14,18)(H,15,16). The number of hydrogen-bond donors (Lipinski definition) is 2. The Bertz CT molecular complexity index is 443. The van der Waals surface area contributed by atoms with Gasteiger partial charge in [-0.3, -0.25) is 0 Å². The zero-order chi connectivity index (χ0) is 13.9. The number of pyridine rings is 1. The Kier molecular flexibility index (Phi) is 5.04. The van der Waals surface area contributed by atoms with Crippen molar-refractivity contribution in [3.8, 4) is 0 Å². The number of likely N-dealkylation sites (N-methyl/N-ethyl adjacent to an activating group) is 1. The van der Waals surface area contributed by atoms with Crippen LogP contribution in [0.3, 0.4) is 0 Å². The number of nitrogens with two attached hydrogens (primary N) is 1. The first kappa shape index (κ1) is 14.9. The third-order valence-corrected chi connectivity index (χ3v) is 3.24. The second-order valence-electron chi connectivity index (χ2n) is 4.86. The van der Waals surface area contributed by atoms with Gasteiger partial charge in [-0.15, -0.1) is 0 Å². The number of aryl methyl sites for hydroxylation is 2. The molecule has 0 fully saturated rings. The van der Waals surface area contributed by atoms with E-state index in [1.807, 2.05) is 19.9 Å². The molecule has 0 aromatic carbocycles. The fourth-order valence-corrected chi connectivity index (χ4v) is 1.96. The molecule has 0 spiro atoms. The van der Waals surface area contributed by atoms with E-state index in [1.165, 1.54) is 0 Å². The number of rotatable bonds is 5. The summed E-state index contributed by atoms with van der Waals surface area (Å²) in [5.41, 5.74) is 8.65. The lowest BCUT2D eigenvalue weighted by Crippen LogP contribution is -2.32. The van der Waals surface area contributed by atoms with Crippen LogP contribution < -0.4 is 11.1 Å². The average molecular weight is 266 g/mol. The van der Waals surface area contributed by atoms with Crippen LogP contribution in [-0.4, -0.2) is 41.6 Å². The van der Waals surface area contributed by atoms with E-state index in [1.54, 1.807) is 0 Å². The van der Waals surface area contributed by atoms with E-state index in [9.17, 15) is 0 Å². The van der Waals surface area contributed by atoms with E-state index >= 15 is 0 Å². The van der Waals surface area contributed by atoms with Gasteiger partial charge >= 0.3 is 0 Å². The lowest BCUT2D eigenvalue weighted by Gasteiger charge is -2.21. The molecule has 1 heterocycles. The van der Waals surface area contributed by atoms with E-state index in [4.69, 9.17) is 18.0 Å². The van der Waals surface area contributed by atoms with Crippen LogP contribution in [-0.2, 0) is 0 Å². The molecular weight excluding hydrogens is 244 g/mol. The van der Waals surface area contributed by atoms with Crippen LogP contribution in [0.1, 0.15) is 23.7 Å². The first-order valence-corrected chi connectivity index (χ1v) is 6.42. The van der Waals surface area contributed by atoms with Gasteiger partial charge < -0.3 is 16.0 Å². The average Bonchev–Trinajstić information content (AvgIpc) is 2.23. The first-order valence-electron chi connectivity index (χ1n) is 6.01. The normalized spacial score (nSPS) is 12.6. The van der Waals surface area contributed by atoms with Crippen molar-refractivity contribution in [2.45, 2.75) is 26.8 Å². The Morgan fingerprint density at radius 3 is 2.61 bits per heavy atom. The van der Waals surface area contributed by atoms with Gasteiger partial charge in [-0.1, -0.05) is 12.2 Å². The van der Waals surface area contributed by atoms with E-state index in [-0.39, 0.29) is 0 Å². The van der Waals surface area contributed by atoms with Gasteiger partial charge in [0.15, 0.2) is 0 Å². The molecule has 5 heteroatoms. The van der Waals surface area contributed by atoms with Gasteiger partial charge in [0, 0.05) is 18.3 Å². The predicted molar refractivity (Wildman–Crippen MR) is 81.2 cm³/mol. The summed E-state index contributed by atoms with van der Waals surface area (Å²) in [6, 6.07) is 2.40. The summed E-state index contributed by atoms with van der Waals surface area (Å²) in [4.78, 5) is 7.03. The number of thiocarbonyl (C=S) groups is 1. The Labute approximate surface area is 115 Å². The van der Waals surface area contributed by atoms with Gasteiger partial charge in [-0.2, -0.15) is 0 Å². The third-order valence-electron chi connectivity index (χ3n) is 3.04. The van der Waals surface area contributed by atoms with Crippen molar-refractivity contribution < 1.29 is 0 Å². The summed E-state index contributed by atoms with van der Waals surface area (Å²) < 4.78 is 0.